The topological polar surface area (TPSA) is 125 Å². The molecule has 10 heteroatoms. The number of fused-ring (bicyclic) bond motifs is 2. The van der Waals surface area contributed by atoms with Crippen LogP contribution in [-0.4, -0.2) is 85.2 Å². The van der Waals surface area contributed by atoms with Crippen molar-refractivity contribution in [1.82, 2.24) is 9.80 Å². The molecule has 4 rings (SSSR count). The number of carbonyl (C=O) groups is 3. The lowest BCUT2D eigenvalue weighted by Crippen LogP contribution is -2.39. The third-order valence-corrected chi connectivity index (χ3v) is 8.30. The molecule has 3 atom stereocenters. The van der Waals surface area contributed by atoms with Gasteiger partial charge in [0.15, 0.2) is 15.6 Å². The highest BCUT2D eigenvalue weighted by atomic mass is 32.2. The zero-order valence-corrected chi connectivity index (χ0v) is 18.5. The summed E-state index contributed by atoms with van der Waals surface area (Å²) >= 11 is 0. The molecule has 30 heavy (non-hydrogen) atoms. The van der Waals surface area contributed by atoms with Gasteiger partial charge in [0.1, 0.15) is 11.5 Å². The second-order valence-corrected chi connectivity index (χ2v) is 10.7. The molecule has 3 aliphatic rings. The van der Waals surface area contributed by atoms with Crippen LogP contribution in [0.2, 0.25) is 0 Å². The first-order chi connectivity index (χ1) is 13.9. The maximum absolute atomic E-state index is 13.2. The normalized spacial score (nSPS) is 26.8. The summed E-state index contributed by atoms with van der Waals surface area (Å²) < 4.78 is 30.7. The minimum absolute atomic E-state index is 0.0513. The van der Waals surface area contributed by atoms with Gasteiger partial charge in [-0.2, -0.15) is 0 Å². The van der Waals surface area contributed by atoms with Gasteiger partial charge in [0.25, 0.3) is 11.9 Å². The van der Waals surface area contributed by atoms with Gasteiger partial charge in [0, 0.05) is 44.8 Å². The fourth-order valence-corrected chi connectivity index (χ4v) is 7.23. The maximum Gasteiger partial charge on any atom is 0.300 e. The van der Waals surface area contributed by atoms with E-state index in [0.717, 1.165) is 13.3 Å². The van der Waals surface area contributed by atoms with Crippen molar-refractivity contribution in [2.24, 2.45) is 5.92 Å². The van der Waals surface area contributed by atoms with Gasteiger partial charge in [-0.1, -0.05) is 0 Å². The summed E-state index contributed by atoms with van der Waals surface area (Å²) in [5, 5.41) is 6.90. The molecule has 2 aliphatic heterocycles. The number of nitrogens with zero attached hydrogens (tertiary/aromatic N) is 2. The average Bonchev–Trinajstić information content (AvgIpc) is 3.26. The second-order valence-electron chi connectivity index (χ2n) is 8.40. The zero-order chi connectivity index (χ0) is 22.4. The van der Waals surface area contributed by atoms with E-state index in [1.165, 1.54) is 0 Å². The van der Waals surface area contributed by atoms with Gasteiger partial charge in [0.05, 0.1) is 22.1 Å². The molecule has 0 spiro atoms. The van der Waals surface area contributed by atoms with Crippen molar-refractivity contribution in [2.75, 3.05) is 32.9 Å². The van der Waals surface area contributed by atoms with Crippen LogP contribution in [0.3, 0.4) is 0 Å². The van der Waals surface area contributed by atoms with E-state index in [1.807, 2.05) is 19.0 Å². The van der Waals surface area contributed by atoms with Crippen LogP contribution in [0.1, 0.15) is 52.0 Å². The number of aryl methyl sites for hydroxylation is 2. The Balaban J connectivity index is 0.000000589. The van der Waals surface area contributed by atoms with Gasteiger partial charge in [0.2, 0.25) is 0 Å². The Hall–Kier alpha value is -2.20. The van der Waals surface area contributed by atoms with Crippen LogP contribution in [0.25, 0.3) is 0 Å². The van der Waals surface area contributed by atoms with E-state index in [1.54, 1.807) is 11.8 Å². The molecule has 0 bridgehead atoms. The summed E-state index contributed by atoms with van der Waals surface area (Å²) in [6, 6.07) is -0.0798. The number of furan rings is 1. The fraction of sp³-hybridized carbons (Fsp3) is 0.650. The molecule has 1 N–H and O–H groups in total. The number of carbonyl (C=O) groups excluding carboxylic acids is 2. The lowest BCUT2D eigenvalue weighted by molar-refractivity contribution is -0.134. The number of sulfone groups is 1. The summed E-state index contributed by atoms with van der Waals surface area (Å²) in [7, 11) is 0.537. The third kappa shape index (κ3) is 4.02. The standard InChI is InChI=1S/C18H24N2O5S.C2H4O2/c1-10-16(17-13(21)5-4-6-14(17)25-10)18(22)20-7-11-12(19(2)3)9-26(23,24)15(11)8-20;1-2(3)4/h11-12,15H,4-9H2,1-3H3;1H3,(H,3,4)/t11-,12+,15-;/m0./s1. The number of likely N-dealkylation sites (tertiary alicyclic amines) is 1. The summed E-state index contributed by atoms with van der Waals surface area (Å²) in [6.07, 6.45) is 1.83. The van der Waals surface area contributed by atoms with Crippen LogP contribution < -0.4 is 0 Å². The van der Waals surface area contributed by atoms with E-state index < -0.39 is 21.1 Å². The molecule has 3 heterocycles. The molecule has 1 aromatic heterocycles. The molecule has 0 aromatic carbocycles. The van der Waals surface area contributed by atoms with Crippen molar-refractivity contribution in [3.63, 3.8) is 0 Å². The van der Waals surface area contributed by atoms with Gasteiger partial charge >= 0.3 is 0 Å². The Morgan fingerprint density at radius 3 is 2.43 bits per heavy atom. The highest BCUT2D eigenvalue weighted by Gasteiger charge is 2.54. The number of hydrogen-bond acceptors (Lipinski definition) is 7. The fourth-order valence-electron chi connectivity index (χ4n) is 4.75. The van der Waals surface area contributed by atoms with Crippen molar-refractivity contribution in [3.05, 3.63) is 22.6 Å². The highest BCUT2D eigenvalue weighted by Crippen LogP contribution is 2.38. The quantitative estimate of drug-likeness (QED) is 0.722. The first-order valence-electron chi connectivity index (χ1n) is 9.96. The minimum atomic E-state index is -3.22. The Morgan fingerprint density at radius 1 is 1.20 bits per heavy atom. The first kappa shape index (κ1) is 22.5. The summed E-state index contributed by atoms with van der Waals surface area (Å²) in [5.41, 5.74) is 0.756. The van der Waals surface area contributed by atoms with E-state index in [4.69, 9.17) is 14.3 Å². The summed E-state index contributed by atoms with van der Waals surface area (Å²) in [4.78, 5) is 38.1. The summed E-state index contributed by atoms with van der Waals surface area (Å²) in [6.45, 7) is 3.39. The monoisotopic (exact) mass is 440 g/mol. The maximum atomic E-state index is 13.2. The SMILES string of the molecule is CC(=O)O.Cc1oc2c(c1C(=O)N1C[C@H]3[C@H](N(C)C)CS(=O)(=O)[C@H]3C1)C(=O)CCC2. The Morgan fingerprint density at radius 2 is 1.83 bits per heavy atom. The third-order valence-electron chi connectivity index (χ3n) is 6.08. The van der Waals surface area contributed by atoms with Crippen LogP contribution in [0.4, 0.5) is 0 Å². The molecule has 1 aromatic rings. The number of amides is 1. The molecule has 1 aliphatic carbocycles. The van der Waals surface area contributed by atoms with Crippen LogP contribution in [-0.2, 0) is 21.1 Å². The average molecular weight is 441 g/mol. The number of carboxylic acid groups (broad SMARTS) is 1. The lowest BCUT2D eigenvalue weighted by atomic mass is 9.93. The number of ketones is 1. The molecular formula is C20H28N2O7S. The smallest absolute Gasteiger partial charge is 0.300 e. The van der Waals surface area contributed by atoms with Crippen molar-refractivity contribution in [1.29, 1.82) is 0 Å². The predicted molar refractivity (Wildman–Crippen MR) is 108 cm³/mol. The molecule has 1 amide bonds. The molecule has 0 unspecified atom stereocenters. The van der Waals surface area contributed by atoms with Crippen LogP contribution in [0.5, 0.6) is 0 Å². The predicted octanol–water partition coefficient (Wildman–Crippen LogP) is 0.997. The van der Waals surface area contributed by atoms with Crippen molar-refractivity contribution in [2.45, 2.75) is 44.4 Å². The number of Topliss-reactive ketones (excluding diaryl/α,β-unsaturated/α-hetero) is 1. The molecule has 166 valence electrons. The Labute approximate surface area is 175 Å². The Kier molecular flexibility index (Phi) is 6.10. The highest BCUT2D eigenvalue weighted by molar-refractivity contribution is 7.92. The largest absolute Gasteiger partial charge is 0.481 e. The van der Waals surface area contributed by atoms with Crippen LogP contribution in [0.15, 0.2) is 4.42 Å². The molecule has 2 fully saturated rings. The number of rotatable bonds is 2. The van der Waals surface area contributed by atoms with Gasteiger partial charge < -0.3 is 19.3 Å². The van der Waals surface area contributed by atoms with E-state index in [0.29, 0.717) is 42.0 Å². The first-order valence-corrected chi connectivity index (χ1v) is 11.7. The van der Waals surface area contributed by atoms with Crippen molar-refractivity contribution < 1.29 is 32.3 Å². The van der Waals surface area contributed by atoms with Crippen molar-refractivity contribution >= 4 is 27.5 Å². The Bertz CT molecular complexity index is 976. The molecular weight excluding hydrogens is 412 g/mol. The van der Waals surface area contributed by atoms with Gasteiger partial charge in [-0.25, -0.2) is 8.42 Å². The van der Waals surface area contributed by atoms with E-state index >= 15 is 0 Å². The molecule has 0 saturated carbocycles. The van der Waals surface area contributed by atoms with Crippen LogP contribution >= 0.6 is 0 Å². The lowest BCUT2D eigenvalue weighted by Gasteiger charge is -2.25. The van der Waals surface area contributed by atoms with Crippen LogP contribution in [0, 0.1) is 12.8 Å². The number of aliphatic carboxylic acids is 1. The van der Waals surface area contributed by atoms with Gasteiger partial charge in [-0.3, -0.25) is 14.4 Å². The summed E-state index contributed by atoms with van der Waals surface area (Å²) in [5.74, 6) is -0.0394. The minimum Gasteiger partial charge on any atom is -0.481 e. The second kappa shape index (κ2) is 8.14. The number of carboxylic acids is 1. The number of hydrogen-bond donors (Lipinski definition) is 1. The molecule has 2 saturated heterocycles. The van der Waals surface area contributed by atoms with Gasteiger partial charge in [-0.05, 0) is 27.4 Å². The van der Waals surface area contributed by atoms with Gasteiger partial charge in [-0.15, -0.1) is 0 Å². The van der Waals surface area contributed by atoms with E-state index in [2.05, 4.69) is 0 Å². The zero-order valence-electron chi connectivity index (χ0n) is 17.7. The van der Waals surface area contributed by atoms with Crippen molar-refractivity contribution in [3.8, 4) is 0 Å². The molecule has 0 radical (unpaired) electrons. The molecule has 9 nitrogen and oxygen atoms in total. The van der Waals surface area contributed by atoms with E-state index in [9.17, 15) is 18.0 Å². The van der Waals surface area contributed by atoms with E-state index in [-0.39, 0.29) is 35.9 Å².